The Morgan fingerprint density at radius 2 is 1.54 bits per heavy atom. The molecule has 41 heavy (non-hydrogen) atoms. The van der Waals surface area contributed by atoms with Crippen LogP contribution in [0.5, 0.6) is 5.75 Å². The van der Waals surface area contributed by atoms with Crippen molar-refractivity contribution in [3.63, 3.8) is 0 Å². The predicted molar refractivity (Wildman–Crippen MR) is 160 cm³/mol. The molecule has 4 aromatic carbocycles. The Labute approximate surface area is 240 Å². The van der Waals surface area contributed by atoms with Crippen molar-refractivity contribution in [2.45, 2.75) is 11.3 Å². The lowest BCUT2D eigenvalue weighted by Gasteiger charge is -2.52. The number of carbonyl (C=O) groups excluding carboxylic acids is 2. The molecular weight excluding hydrogens is 532 g/mol. The van der Waals surface area contributed by atoms with Crippen LogP contribution in [0, 0.1) is 11.8 Å². The molecule has 2 atom stereocenters. The zero-order valence-electron chi connectivity index (χ0n) is 22.0. The number of carbonyl (C=O) groups is 2. The van der Waals surface area contributed by atoms with Crippen molar-refractivity contribution in [2.75, 3.05) is 17.4 Å². The molecule has 1 N–H and O–H groups in total. The molecule has 0 spiro atoms. The third-order valence-electron chi connectivity index (χ3n) is 8.73. The van der Waals surface area contributed by atoms with E-state index in [1.54, 1.807) is 19.2 Å². The van der Waals surface area contributed by atoms with Crippen molar-refractivity contribution in [1.82, 2.24) is 4.98 Å². The summed E-state index contributed by atoms with van der Waals surface area (Å²) >= 11 is 1.51. The molecule has 1 fully saturated rings. The van der Waals surface area contributed by atoms with Crippen molar-refractivity contribution in [3.05, 3.63) is 119 Å². The summed E-state index contributed by atoms with van der Waals surface area (Å²) in [6.45, 7) is 0. The number of methoxy groups -OCH3 is 1. The number of amides is 2. The average molecular weight is 557 g/mol. The predicted octanol–water partition coefficient (Wildman–Crippen LogP) is 5.95. The molecule has 7 nitrogen and oxygen atoms in total. The first kappa shape index (κ1) is 24.0. The van der Waals surface area contributed by atoms with Crippen LogP contribution < -0.4 is 15.1 Å². The Morgan fingerprint density at radius 3 is 2.27 bits per heavy atom. The summed E-state index contributed by atoms with van der Waals surface area (Å²) in [4.78, 5) is 34.9. The van der Waals surface area contributed by atoms with Crippen LogP contribution in [0.25, 0.3) is 10.2 Å². The molecule has 200 valence electrons. The molecule has 0 saturated carbocycles. The Bertz CT molecular complexity index is 1830. The van der Waals surface area contributed by atoms with Crippen LogP contribution in [0.15, 0.2) is 102 Å². The Morgan fingerprint density at radius 1 is 0.878 bits per heavy atom. The van der Waals surface area contributed by atoms with Crippen molar-refractivity contribution in [1.29, 1.82) is 0 Å². The van der Waals surface area contributed by atoms with Gasteiger partial charge in [0.25, 0.3) is 0 Å². The van der Waals surface area contributed by atoms with Gasteiger partial charge in [-0.1, -0.05) is 84.1 Å². The van der Waals surface area contributed by atoms with Gasteiger partial charge in [0.2, 0.25) is 16.9 Å². The lowest BCUT2D eigenvalue weighted by atomic mass is 9.47. The number of benzene rings is 4. The number of imide groups is 1. The lowest BCUT2D eigenvalue weighted by molar-refractivity contribution is -0.122. The number of aromatic nitrogens is 1. The van der Waals surface area contributed by atoms with Crippen molar-refractivity contribution < 1.29 is 14.3 Å². The zero-order valence-corrected chi connectivity index (χ0v) is 22.8. The van der Waals surface area contributed by atoms with E-state index in [2.05, 4.69) is 34.7 Å². The molecule has 3 aliphatic carbocycles. The van der Waals surface area contributed by atoms with Crippen molar-refractivity contribution in [3.8, 4) is 5.75 Å². The number of hydrogen-bond donors (Lipinski definition) is 1. The van der Waals surface area contributed by atoms with Crippen LogP contribution in [-0.2, 0) is 15.0 Å². The number of rotatable bonds is 5. The van der Waals surface area contributed by atoms with Gasteiger partial charge in [-0.2, -0.15) is 5.10 Å². The van der Waals surface area contributed by atoms with Crippen LogP contribution in [0.4, 0.5) is 10.8 Å². The molecule has 1 aromatic heterocycles. The highest BCUT2D eigenvalue weighted by atomic mass is 32.1. The first-order chi connectivity index (χ1) is 20.1. The standard InChI is InChI=1S/C33H24N4O3S/c1-40-25-16-8-7-15-24(25)37-30(38)28-27-19-10-2-4-12-21(19)33(29(28)31(37)39,22-13-5-3-11-20(22)27)18-34-36-32-35-23-14-6-9-17-26(23)41-32/h2-18,27-29H,1H3,(H,35,36)/b34-18+. The summed E-state index contributed by atoms with van der Waals surface area (Å²) < 4.78 is 6.63. The van der Waals surface area contributed by atoms with Gasteiger partial charge in [-0.3, -0.25) is 15.0 Å². The number of fused-ring (bicyclic) bond motifs is 1. The Kier molecular flexibility index (Phi) is 5.18. The second-order valence-electron chi connectivity index (χ2n) is 10.6. The van der Waals surface area contributed by atoms with E-state index in [1.165, 1.54) is 16.2 Å². The first-order valence-corrected chi connectivity index (χ1v) is 14.3. The number of thiazole rings is 1. The summed E-state index contributed by atoms with van der Waals surface area (Å²) in [5.41, 5.74) is 7.65. The third-order valence-corrected chi connectivity index (χ3v) is 9.67. The minimum Gasteiger partial charge on any atom is -0.495 e. The fraction of sp³-hybridized carbons (Fsp3) is 0.152. The topological polar surface area (TPSA) is 83.9 Å². The normalized spacial score (nSPS) is 24.0. The fourth-order valence-electron chi connectivity index (χ4n) is 7.21. The number of nitrogens with one attached hydrogen (secondary N) is 1. The van der Waals surface area contributed by atoms with Gasteiger partial charge >= 0.3 is 0 Å². The minimum atomic E-state index is -0.959. The van der Waals surface area contributed by atoms with E-state index < -0.39 is 17.3 Å². The van der Waals surface area contributed by atoms with E-state index in [9.17, 15) is 9.59 Å². The molecule has 9 rings (SSSR count). The smallest absolute Gasteiger partial charge is 0.239 e. The van der Waals surface area contributed by atoms with Crippen molar-refractivity contribution >= 4 is 50.4 Å². The van der Waals surface area contributed by atoms with E-state index in [0.29, 0.717) is 16.6 Å². The van der Waals surface area contributed by atoms with Gasteiger partial charge in [0, 0.05) is 12.1 Å². The molecule has 0 radical (unpaired) electrons. The number of para-hydroxylation sites is 3. The Balaban J connectivity index is 1.32. The highest BCUT2D eigenvalue weighted by molar-refractivity contribution is 7.22. The molecule has 2 amide bonds. The molecule has 8 heteroatoms. The Hall–Kier alpha value is -4.82. The van der Waals surface area contributed by atoms with Gasteiger partial charge in [0.05, 0.1) is 40.3 Å². The number of anilines is 2. The van der Waals surface area contributed by atoms with Gasteiger partial charge < -0.3 is 4.74 Å². The molecule has 4 aliphatic rings. The summed E-state index contributed by atoms with van der Waals surface area (Å²) in [7, 11) is 1.55. The highest BCUT2D eigenvalue weighted by Crippen LogP contribution is 2.64. The van der Waals surface area contributed by atoms with Crippen LogP contribution in [0.3, 0.4) is 0 Å². The van der Waals surface area contributed by atoms with Crippen LogP contribution in [0.1, 0.15) is 28.2 Å². The average Bonchev–Trinajstić information content (AvgIpc) is 3.55. The molecule has 5 aromatic rings. The zero-order chi connectivity index (χ0) is 27.7. The first-order valence-electron chi connectivity index (χ1n) is 13.5. The minimum absolute atomic E-state index is 0.213. The van der Waals surface area contributed by atoms with Gasteiger partial charge in [-0.15, -0.1) is 0 Å². The van der Waals surface area contributed by atoms with E-state index in [0.717, 1.165) is 32.5 Å². The van der Waals surface area contributed by atoms with E-state index in [4.69, 9.17) is 9.84 Å². The fourth-order valence-corrected chi connectivity index (χ4v) is 8.03. The van der Waals surface area contributed by atoms with Gasteiger partial charge in [0.1, 0.15) is 5.75 Å². The van der Waals surface area contributed by atoms with Gasteiger partial charge in [0.15, 0.2) is 0 Å². The summed E-state index contributed by atoms with van der Waals surface area (Å²) in [5, 5.41) is 5.40. The van der Waals surface area contributed by atoms with Gasteiger partial charge in [-0.05, 0) is 46.5 Å². The largest absolute Gasteiger partial charge is 0.495 e. The number of hydrogen-bond acceptors (Lipinski definition) is 7. The maximum atomic E-state index is 14.5. The number of nitrogens with zero attached hydrogens (tertiary/aromatic N) is 3. The number of ether oxygens (including phenoxy) is 1. The quantitative estimate of drug-likeness (QED) is 0.164. The molecular formula is C33H24N4O3S. The van der Waals surface area contributed by atoms with Crippen molar-refractivity contribution in [2.24, 2.45) is 16.9 Å². The summed E-state index contributed by atoms with van der Waals surface area (Å²) in [5.74, 6) is -1.46. The van der Waals surface area contributed by atoms with Crippen LogP contribution in [-0.4, -0.2) is 30.1 Å². The lowest BCUT2D eigenvalue weighted by Crippen LogP contribution is -2.54. The monoisotopic (exact) mass is 556 g/mol. The summed E-state index contributed by atoms with van der Waals surface area (Å²) in [6, 6.07) is 31.4. The van der Waals surface area contributed by atoms with Crippen LogP contribution in [0.2, 0.25) is 0 Å². The molecule has 1 aliphatic heterocycles. The second-order valence-corrected chi connectivity index (χ2v) is 11.6. The number of hydrazone groups is 1. The second kappa shape index (κ2) is 8.84. The molecule has 2 heterocycles. The third kappa shape index (κ3) is 3.19. The van der Waals surface area contributed by atoms with Gasteiger partial charge in [-0.25, -0.2) is 9.88 Å². The van der Waals surface area contributed by atoms with E-state index >= 15 is 0 Å². The summed E-state index contributed by atoms with van der Waals surface area (Å²) in [6.07, 6.45) is 1.83. The van der Waals surface area contributed by atoms with E-state index in [1.807, 2.05) is 66.9 Å². The SMILES string of the molecule is COc1ccccc1N1C(=O)C2C3c4ccccc4C(/C=N/Nc4nc5ccccc5s4)(c4ccccc43)C2C1=O. The van der Waals surface area contributed by atoms with Crippen LogP contribution >= 0.6 is 11.3 Å². The maximum Gasteiger partial charge on any atom is 0.239 e. The van der Waals surface area contributed by atoms with E-state index in [-0.39, 0.29) is 17.7 Å². The molecule has 2 unspecified atom stereocenters. The highest BCUT2D eigenvalue weighted by Gasteiger charge is 2.68. The molecule has 1 saturated heterocycles. The maximum absolute atomic E-state index is 14.5. The molecule has 2 bridgehead atoms.